The Kier molecular flexibility index (Phi) is 6.92. The van der Waals surface area contributed by atoms with E-state index in [0.29, 0.717) is 18.8 Å². The highest BCUT2D eigenvalue weighted by molar-refractivity contribution is 5.77. The van der Waals surface area contributed by atoms with Crippen LogP contribution in [0.1, 0.15) is 12.0 Å². The van der Waals surface area contributed by atoms with Crippen molar-refractivity contribution >= 4 is 5.91 Å². The molecule has 0 aromatic heterocycles. The van der Waals surface area contributed by atoms with Gasteiger partial charge in [-0.05, 0) is 31.0 Å². The predicted molar refractivity (Wildman–Crippen MR) is 72.2 cm³/mol. The Morgan fingerprint density at radius 2 is 2.26 bits per heavy atom. The van der Waals surface area contributed by atoms with Crippen LogP contribution in [0.3, 0.4) is 0 Å². The number of amides is 1. The molecule has 1 atom stereocenters. The number of ether oxygens (including phenoxy) is 2. The maximum absolute atomic E-state index is 11.7. The van der Waals surface area contributed by atoms with Gasteiger partial charge in [-0.3, -0.25) is 4.79 Å². The van der Waals surface area contributed by atoms with Gasteiger partial charge in [0.2, 0.25) is 0 Å². The van der Waals surface area contributed by atoms with Crippen LogP contribution < -0.4 is 10.1 Å². The van der Waals surface area contributed by atoms with Crippen molar-refractivity contribution < 1.29 is 19.4 Å². The molecule has 0 aliphatic carbocycles. The Morgan fingerprint density at radius 1 is 1.47 bits per heavy atom. The van der Waals surface area contributed by atoms with Crippen LogP contribution in [0.15, 0.2) is 24.3 Å². The Morgan fingerprint density at radius 3 is 2.89 bits per heavy atom. The van der Waals surface area contributed by atoms with Crippen LogP contribution in [0.25, 0.3) is 0 Å². The van der Waals surface area contributed by atoms with Gasteiger partial charge in [0.1, 0.15) is 5.75 Å². The molecule has 1 rings (SSSR count). The first kappa shape index (κ1) is 15.5. The van der Waals surface area contributed by atoms with E-state index in [1.165, 1.54) is 0 Å². The molecule has 5 heteroatoms. The molecule has 0 spiro atoms. The first-order chi connectivity index (χ1) is 9.15. The molecule has 0 saturated heterocycles. The third-order valence-corrected chi connectivity index (χ3v) is 2.57. The number of benzene rings is 1. The zero-order valence-corrected chi connectivity index (χ0v) is 11.4. The smallest absolute Gasteiger partial charge is 0.258 e. The highest BCUT2D eigenvalue weighted by Crippen LogP contribution is 2.11. The summed E-state index contributed by atoms with van der Waals surface area (Å²) in [6.45, 7) is 2.29. The average Bonchev–Trinajstić information content (AvgIpc) is 2.37. The average molecular weight is 267 g/mol. The van der Waals surface area contributed by atoms with E-state index in [1.807, 2.05) is 25.1 Å². The summed E-state index contributed by atoms with van der Waals surface area (Å²) in [5, 5.41) is 11.6. The molecule has 0 heterocycles. The largest absolute Gasteiger partial charge is 0.484 e. The molecule has 19 heavy (non-hydrogen) atoms. The summed E-state index contributed by atoms with van der Waals surface area (Å²) < 4.78 is 10.4. The lowest BCUT2D eigenvalue weighted by molar-refractivity contribution is -0.124. The van der Waals surface area contributed by atoms with E-state index in [9.17, 15) is 4.79 Å². The van der Waals surface area contributed by atoms with Crippen LogP contribution in [0.5, 0.6) is 5.75 Å². The first-order valence-corrected chi connectivity index (χ1v) is 6.24. The summed E-state index contributed by atoms with van der Waals surface area (Å²) in [6, 6.07) is 7.32. The number of methoxy groups -OCH3 is 1. The monoisotopic (exact) mass is 267 g/mol. The van der Waals surface area contributed by atoms with E-state index in [0.717, 1.165) is 5.56 Å². The molecule has 0 radical (unpaired) electrons. The van der Waals surface area contributed by atoms with Crippen molar-refractivity contribution in [3.63, 3.8) is 0 Å². The second-order valence-electron chi connectivity index (χ2n) is 4.34. The van der Waals surface area contributed by atoms with Crippen molar-refractivity contribution in [2.24, 2.45) is 0 Å². The number of carbonyl (C=O) groups excluding carboxylic acids is 1. The number of carbonyl (C=O) groups is 1. The lowest BCUT2D eigenvalue weighted by atomic mass is 10.2. The lowest BCUT2D eigenvalue weighted by Crippen LogP contribution is -2.41. The SMILES string of the molecule is COCC(CCO)NC(=O)COc1cccc(C)c1. The van der Waals surface area contributed by atoms with Gasteiger partial charge in [0.15, 0.2) is 6.61 Å². The van der Waals surface area contributed by atoms with Gasteiger partial charge in [0.05, 0.1) is 12.6 Å². The van der Waals surface area contributed by atoms with Gasteiger partial charge in [0, 0.05) is 13.7 Å². The third-order valence-electron chi connectivity index (χ3n) is 2.57. The predicted octanol–water partition coefficient (Wildman–Crippen LogP) is 0.887. The molecule has 2 N–H and O–H groups in total. The molecule has 0 aliphatic rings. The molecule has 1 amide bonds. The second-order valence-corrected chi connectivity index (χ2v) is 4.34. The van der Waals surface area contributed by atoms with Gasteiger partial charge < -0.3 is 19.9 Å². The second kappa shape index (κ2) is 8.50. The summed E-state index contributed by atoms with van der Waals surface area (Å²) in [6.07, 6.45) is 0.462. The van der Waals surface area contributed by atoms with Crippen molar-refractivity contribution in [3.05, 3.63) is 29.8 Å². The minimum atomic E-state index is -0.225. The van der Waals surface area contributed by atoms with Crippen LogP contribution in [0.2, 0.25) is 0 Å². The third kappa shape index (κ3) is 6.22. The normalized spacial score (nSPS) is 11.9. The number of aliphatic hydroxyl groups is 1. The minimum absolute atomic E-state index is 0.00699. The molecule has 1 unspecified atom stereocenters. The summed E-state index contributed by atoms with van der Waals surface area (Å²) >= 11 is 0. The molecule has 5 nitrogen and oxygen atoms in total. The van der Waals surface area contributed by atoms with Crippen LogP contribution in [0, 0.1) is 6.92 Å². The van der Waals surface area contributed by atoms with Gasteiger partial charge >= 0.3 is 0 Å². The fourth-order valence-corrected chi connectivity index (χ4v) is 1.68. The van der Waals surface area contributed by atoms with E-state index in [4.69, 9.17) is 14.6 Å². The van der Waals surface area contributed by atoms with E-state index in [2.05, 4.69) is 5.32 Å². The van der Waals surface area contributed by atoms with Gasteiger partial charge in [-0.1, -0.05) is 12.1 Å². The fourth-order valence-electron chi connectivity index (χ4n) is 1.68. The minimum Gasteiger partial charge on any atom is -0.484 e. The molecule has 1 aromatic carbocycles. The zero-order chi connectivity index (χ0) is 14.1. The number of hydrogen-bond acceptors (Lipinski definition) is 4. The van der Waals surface area contributed by atoms with E-state index < -0.39 is 0 Å². The van der Waals surface area contributed by atoms with E-state index in [-0.39, 0.29) is 25.2 Å². The first-order valence-electron chi connectivity index (χ1n) is 6.24. The number of aliphatic hydroxyl groups excluding tert-OH is 1. The standard InChI is InChI=1S/C14H21NO4/c1-11-4-3-5-13(8-11)19-10-14(17)15-12(6-7-16)9-18-2/h3-5,8,12,16H,6-7,9-10H2,1-2H3,(H,15,17). The molecular formula is C14H21NO4. The number of hydrogen-bond donors (Lipinski definition) is 2. The van der Waals surface area contributed by atoms with Crippen LogP contribution in [-0.2, 0) is 9.53 Å². The number of rotatable bonds is 8. The molecule has 106 valence electrons. The van der Waals surface area contributed by atoms with Gasteiger partial charge in [0.25, 0.3) is 5.91 Å². The van der Waals surface area contributed by atoms with Crippen molar-refractivity contribution in [1.29, 1.82) is 0 Å². The Bertz CT molecular complexity index is 389. The Hall–Kier alpha value is -1.59. The molecular weight excluding hydrogens is 246 g/mol. The lowest BCUT2D eigenvalue weighted by Gasteiger charge is -2.17. The molecule has 1 aromatic rings. The van der Waals surface area contributed by atoms with Crippen LogP contribution in [0.4, 0.5) is 0 Å². The summed E-state index contributed by atoms with van der Waals surface area (Å²) in [4.78, 5) is 11.7. The summed E-state index contributed by atoms with van der Waals surface area (Å²) in [5.41, 5.74) is 1.08. The Labute approximate surface area is 113 Å². The number of aryl methyl sites for hydroxylation is 1. The summed E-state index contributed by atoms with van der Waals surface area (Å²) in [5.74, 6) is 0.442. The highest BCUT2D eigenvalue weighted by Gasteiger charge is 2.12. The van der Waals surface area contributed by atoms with Crippen molar-refractivity contribution in [2.45, 2.75) is 19.4 Å². The molecule has 0 bridgehead atoms. The Balaban J connectivity index is 2.37. The maximum atomic E-state index is 11.7. The molecule has 0 aliphatic heterocycles. The molecule has 0 fully saturated rings. The quantitative estimate of drug-likeness (QED) is 0.734. The van der Waals surface area contributed by atoms with E-state index >= 15 is 0 Å². The number of nitrogens with one attached hydrogen (secondary N) is 1. The maximum Gasteiger partial charge on any atom is 0.258 e. The van der Waals surface area contributed by atoms with Crippen LogP contribution >= 0.6 is 0 Å². The van der Waals surface area contributed by atoms with Gasteiger partial charge in [-0.2, -0.15) is 0 Å². The topological polar surface area (TPSA) is 67.8 Å². The highest BCUT2D eigenvalue weighted by atomic mass is 16.5. The molecule has 0 saturated carbocycles. The van der Waals surface area contributed by atoms with Crippen molar-refractivity contribution in [3.8, 4) is 5.75 Å². The van der Waals surface area contributed by atoms with Crippen molar-refractivity contribution in [2.75, 3.05) is 26.9 Å². The zero-order valence-electron chi connectivity index (χ0n) is 11.4. The van der Waals surface area contributed by atoms with Gasteiger partial charge in [-0.25, -0.2) is 0 Å². The van der Waals surface area contributed by atoms with Crippen molar-refractivity contribution in [1.82, 2.24) is 5.32 Å². The van der Waals surface area contributed by atoms with Crippen LogP contribution in [-0.4, -0.2) is 44.0 Å². The summed E-state index contributed by atoms with van der Waals surface area (Å²) in [7, 11) is 1.56. The van der Waals surface area contributed by atoms with Gasteiger partial charge in [-0.15, -0.1) is 0 Å². The van der Waals surface area contributed by atoms with E-state index in [1.54, 1.807) is 13.2 Å². The fraction of sp³-hybridized carbons (Fsp3) is 0.500.